The SMILES string of the molecule is CCN(Cc1cc(N)cc(Cl)c1)CC1CCCO1. The van der Waals surface area contributed by atoms with E-state index in [1.807, 2.05) is 12.1 Å². The molecular weight excluding hydrogens is 248 g/mol. The van der Waals surface area contributed by atoms with E-state index in [-0.39, 0.29) is 0 Å². The Balaban J connectivity index is 1.95. The summed E-state index contributed by atoms with van der Waals surface area (Å²) in [6.07, 6.45) is 2.75. The van der Waals surface area contributed by atoms with Crippen LogP contribution in [0.1, 0.15) is 25.3 Å². The summed E-state index contributed by atoms with van der Waals surface area (Å²) in [5.74, 6) is 0. The normalized spacial score (nSPS) is 19.6. The van der Waals surface area contributed by atoms with E-state index in [9.17, 15) is 0 Å². The number of halogens is 1. The van der Waals surface area contributed by atoms with Gasteiger partial charge in [0.15, 0.2) is 0 Å². The second-order valence-corrected chi connectivity index (χ2v) is 5.29. The molecule has 1 atom stereocenters. The Morgan fingerprint density at radius 2 is 2.28 bits per heavy atom. The molecule has 0 saturated carbocycles. The van der Waals surface area contributed by atoms with Crippen LogP contribution in [0, 0.1) is 0 Å². The van der Waals surface area contributed by atoms with Crippen LogP contribution in [0.15, 0.2) is 18.2 Å². The minimum atomic E-state index is 0.390. The van der Waals surface area contributed by atoms with Gasteiger partial charge in [0.2, 0.25) is 0 Å². The summed E-state index contributed by atoms with van der Waals surface area (Å²) in [7, 11) is 0. The smallest absolute Gasteiger partial charge is 0.0702 e. The van der Waals surface area contributed by atoms with E-state index in [2.05, 4.69) is 11.8 Å². The number of nitrogens with zero attached hydrogens (tertiary/aromatic N) is 1. The Hall–Kier alpha value is -0.770. The first-order valence-corrected chi connectivity index (χ1v) is 6.94. The molecule has 0 aromatic heterocycles. The molecular formula is C14H21ClN2O. The van der Waals surface area contributed by atoms with Crippen molar-refractivity contribution in [1.29, 1.82) is 0 Å². The fourth-order valence-electron chi connectivity index (χ4n) is 2.41. The molecule has 1 unspecified atom stereocenters. The fraction of sp³-hybridized carbons (Fsp3) is 0.571. The topological polar surface area (TPSA) is 38.5 Å². The molecule has 0 amide bonds. The molecule has 1 fully saturated rings. The molecule has 18 heavy (non-hydrogen) atoms. The summed E-state index contributed by atoms with van der Waals surface area (Å²) in [6.45, 7) is 5.95. The van der Waals surface area contributed by atoms with Crippen LogP contribution >= 0.6 is 11.6 Å². The standard InChI is InChI=1S/C14H21ClN2O/c1-2-17(10-14-4-3-5-18-14)9-11-6-12(15)8-13(16)7-11/h6-8,14H,2-5,9-10,16H2,1H3. The Bertz CT molecular complexity index is 371. The van der Waals surface area contributed by atoms with Crippen LogP contribution in [0.5, 0.6) is 0 Å². The average molecular weight is 269 g/mol. The zero-order valence-electron chi connectivity index (χ0n) is 10.9. The maximum absolute atomic E-state index is 6.02. The van der Waals surface area contributed by atoms with E-state index >= 15 is 0 Å². The van der Waals surface area contributed by atoms with Crippen molar-refractivity contribution in [3.63, 3.8) is 0 Å². The third kappa shape index (κ3) is 3.87. The van der Waals surface area contributed by atoms with Gasteiger partial charge in [-0.3, -0.25) is 4.90 Å². The van der Waals surface area contributed by atoms with E-state index in [1.54, 1.807) is 6.07 Å². The number of nitrogens with two attached hydrogens (primary N) is 1. The van der Waals surface area contributed by atoms with Gasteiger partial charge in [-0.2, -0.15) is 0 Å². The van der Waals surface area contributed by atoms with Crippen molar-refractivity contribution in [2.24, 2.45) is 0 Å². The molecule has 1 aliphatic heterocycles. The third-order valence-corrected chi connectivity index (χ3v) is 3.54. The summed E-state index contributed by atoms with van der Waals surface area (Å²) in [5, 5.41) is 0.707. The monoisotopic (exact) mass is 268 g/mol. The van der Waals surface area contributed by atoms with Crippen LogP contribution in [0.3, 0.4) is 0 Å². The lowest BCUT2D eigenvalue weighted by Gasteiger charge is -2.23. The molecule has 0 bridgehead atoms. The molecule has 1 aromatic carbocycles. The molecule has 3 nitrogen and oxygen atoms in total. The largest absolute Gasteiger partial charge is 0.399 e. The minimum Gasteiger partial charge on any atom is -0.399 e. The van der Waals surface area contributed by atoms with E-state index in [4.69, 9.17) is 22.1 Å². The fourth-order valence-corrected chi connectivity index (χ4v) is 2.67. The van der Waals surface area contributed by atoms with Crippen molar-refractivity contribution in [2.75, 3.05) is 25.4 Å². The number of benzene rings is 1. The Morgan fingerprint density at radius 1 is 1.44 bits per heavy atom. The van der Waals surface area contributed by atoms with Gasteiger partial charge in [-0.05, 0) is 43.1 Å². The highest BCUT2D eigenvalue weighted by atomic mass is 35.5. The number of hydrogen-bond acceptors (Lipinski definition) is 3. The molecule has 1 aromatic rings. The highest BCUT2D eigenvalue weighted by Crippen LogP contribution is 2.19. The molecule has 1 aliphatic rings. The minimum absolute atomic E-state index is 0.390. The number of ether oxygens (including phenoxy) is 1. The van der Waals surface area contributed by atoms with Gasteiger partial charge in [0.05, 0.1) is 6.10 Å². The number of rotatable bonds is 5. The first-order valence-electron chi connectivity index (χ1n) is 6.56. The molecule has 2 rings (SSSR count). The van der Waals surface area contributed by atoms with Crippen LogP contribution in [0.25, 0.3) is 0 Å². The number of likely N-dealkylation sites (N-methyl/N-ethyl adjacent to an activating group) is 1. The molecule has 1 saturated heterocycles. The predicted octanol–water partition coefficient (Wildman–Crippen LogP) is 2.92. The first kappa shape index (κ1) is 13.7. The maximum atomic E-state index is 6.02. The van der Waals surface area contributed by atoms with Gasteiger partial charge in [0.25, 0.3) is 0 Å². The lowest BCUT2D eigenvalue weighted by Crippen LogP contribution is -2.31. The summed E-state index contributed by atoms with van der Waals surface area (Å²) in [6, 6.07) is 5.75. The second-order valence-electron chi connectivity index (χ2n) is 4.86. The van der Waals surface area contributed by atoms with Crippen LogP contribution in [0.2, 0.25) is 5.02 Å². The highest BCUT2D eigenvalue weighted by molar-refractivity contribution is 6.30. The molecule has 1 heterocycles. The zero-order valence-corrected chi connectivity index (χ0v) is 11.6. The van der Waals surface area contributed by atoms with Gasteiger partial charge in [0.1, 0.15) is 0 Å². The number of anilines is 1. The maximum Gasteiger partial charge on any atom is 0.0702 e. The molecule has 0 spiro atoms. The van der Waals surface area contributed by atoms with Gasteiger partial charge in [-0.1, -0.05) is 18.5 Å². The van der Waals surface area contributed by atoms with E-state index in [0.29, 0.717) is 11.1 Å². The molecule has 2 N–H and O–H groups in total. The lowest BCUT2D eigenvalue weighted by atomic mass is 10.1. The molecule has 0 radical (unpaired) electrons. The molecule has 4 heteroatoms. The van der Waals surface area contributed by atoms with Gasteiger partial charge >= 0.3 is 0 Å². The Kier molecular flexibility index (Phi) is 4.87. The van der Waals surface area contributed by atoms with Gasteiger partial charge in [-0.25, -0.2) is 0 Å². The second kappa shape index (κ2) is 6.41. The van der Waals surface area contributed by atoms with E-state index in [1.165, 1.54) is 18.4 Å². The van der Waals surface area contributed by atoms with Crippen LogP contribution < -0.4 is 5.73 Å². The van der Waals surface area contributed by atoms with Crippen molar-refractivity contribution < 1.29 is 4.74 Å². The van der Waals surface area contributed by atoms with Crippen molar-refractivity contribution in [2.45, 2.75) is 32.4 Å². The Morgan fingerprint density at radius 3 is 2.89 bits per heavy atom. The molecule has 0 aliphatic carbocycles. The quantitative estimate of drug-likeness (QED) is 0.835. The van der Waals surface area contributed by atoms with Crippen molar-refractivity contribution in [3.8, 4) is 0 Å². The van der Waals surface area contributed by atoms with Crippen LogP contribution in [0.4, 0.5) is 5.69 Å². The van der Waals surface area contributed by atoms with E-state index < -0.39 is 0 Å². The molecule has 100 valence electrons. The summed E-state index contributed by atoms with van der Waals surface area (Å²) >= 11 is 6.02. The van der Waals surface area contributed by atoms with Gasteiger partial charge < -0.3 is 10.5 Å². The predicted molar refractivity (Wildman–Crippen MR) is 75.8 cm³/mol. The van der Waals surface area contributed by atoms with Gasteiger partial charge in [-0.15, -0.1) is 0 Å². The highest BCUT2D eigenvalue weighted by Gasteiger charge is 2.18. The average Bonchev–Trinajstić information content (AvgIpc) is 2.79. The summed E-state index contributed by atoms with van der Waals surface area (Å²) in [5.41, 5.74) is 7.71. The van der Waals surface area contributed by atoms with Crippen LogP contribution in [-0.2, 0) is 11.3 Å². The number of hydrogen-bond donors (Lipinski definition) is 1. The lowest BCUT2D eigenvalue weighted by molar-refractivity contribution is 0.0725. The first-order chi connectivity index (χ1) is 8.67. The van der Waals surface area contributed by atoms with Crippen molar-refractivity contribution in [1.82, 2.24) is 4.90 Å². The third-order valence-electron chi connectivity index (χ3n) is 3.32. The summed E-state index contributed by atoms with van der Waals surface area (Å²) in [4.78, 5) is 2.38. The van der Waals surface area contributed by atoms with E-state index in [0.717, 1.165) is 31.9 Å². The Labute approximate surface area is 114 Å². The van der Waals surface area contributed by atoms with Crippen molar-refractivity contribution >= 4 is 17.3 Å². The van der Waals surface area contributed by atoms with Crippen LogP contribution in [-0.4, -0.2) is 30.7 Å². The zero-order chi connectivity index (χ0) is 13.0. The number of nitrogen functional groups attached to an aromatic ring is 1. The summed E-state index contributed by atoms with van der Waals surface area (Å²) < 4.78 is 5.68. The van der Waals surface area contributed by atoms with Crippen molar-refractivity contribution in [3.05, 3.63) is 28.8 Å². The van der Waals surface area contributed by atoms with Gasteiger partial charge in [0, 0.05) is 30.4 Å².